The molecule has 0 atom stereocenters. The molecule has 0 aromatic carbocycles. The first-order valence-electron chi connectivity index (χ1n) is 8.72. The Hall–Kier alpha value is 1.00. The summed E-state index contributed by atoms with van der Waals surface area (Å²) in [6.45, 7) is 9.37. The number of hydrogen-bond acceptors (Lipinski definition) is 0. The number of hydrogen-bond donors (Lipinski definition) is 0. The van der Waals surface area contributed by atoms with Gasteiger partial charge < -0.3 is 49.6 Å². The van der Waals surface area contributed by atoms with Gasteiger partial charge >= 0.3 is 143 Å². The van der Waals surface area contributed by atoms with Crippen molar-refractivity contribution >= 4 is 0 Å². The Bertz CT molecular complexity index is 470. The van der Waals surface area contributed by atoms with E-state index in [1.165, 1.54) is 51.4 Å². The van der Waals surface area contributed by atoms with E-state index in [0.29, 0.717) is 0 Å². The van der Waals surface area contributed by atoms with E-state index < -0.39 is 23.2 Å². The second-order valence-electron chi connectivity index (χ2n) is 6.51. The molecule has 2 aliphatic rings. The maximum Gasteiger partial charge on any atom is -1.00 e. The average molecular weight is 503 g/mol. The molecule has 0 aliphatic heterocycles. The molecule has 0 nitrogen and oxygen atoms in total. The Balaban J connectivity index is -0.00000121. The number of allylic oxidation sites excluding steroid dienone is 8. The van der Waals surface area contributed by atoms with Crippen molar-refractivity contribution in [1.82, 2.24) is 0 Å². The SMILES string of the molecule is CCCCC1=CCC(C)=[C]1[Zr+4][C]1=C(C)CC=C1CCCC.[Cl-].[Cl-].[Cl-].[Cl-]. The monoisotopic (exact) mass is 500 g/mol. The summed E-state index contributed by atoms with van der Waals surface area (Å²) < 4.78 is 3.68. The molecule has 142 valence electrons. The van der Waals surface area contributed by atoms with Crippen LogP contribution in [0.15, 0.2) is 41.0 Å². The van der Waals surface area contributed by atoms with Crippen molar-refractivity contribution in [3.05, 3.63) is 41.0 Å². The summed E-state index contributed by atoms with van der Waals surface area (Å²) in [6.07, 6.45) is 15.5. The standard InChI is InChI=1S/2C10H15.4ClH.Zr/c2*1-3-4-5-10-7-6-9(2)8-10;;;;;/h2*7H,3-6H2,1-2H3;4*1H;/q;;;;;;+4/p-4. The summed E-state index contributed by atoms with van der Waals surface area (Å²) in [5, 5.41) is 0. The van der Waals surface area contributed by atoms with Crippen LogP contribution < -0.4 is 49.6 Å². The molecule has 2 rings (SSSR count). The van der Waals surface area contributed by atoms with Crippen LogP contribution in [0.3, 0.4) is 0 Å². The van der Waals surface area contributed by atoms with Gasteiger partial charge in [0, 0.05) is 0 Å². The van der Waals surface area contributed by atoms with Crippen LogP contribution in [-0.4, -0.2) is 0 Å². The summed E-state index contributed by atoms with van der Waals surface area (Å²) in [5.74, 6) is 0. The number of rotatable bonds is 8. The van der Waals surface area contributed by atoms with Gasteiger partial charge in [-0.3, -0.25) is 0 Å². The van der Waals surface area contributed by atoms with Crippen LogP contribution >= 0.6 is 0 Å². The van der Waals surface area contributed by atoms with Crippen LogP contribution in [0.2, 0.25) is 0 Å². The predicted octanol–water partition coefficient (Wildman–Crippen LogP) is -5.33. The van der Waals surface area contributed by atoms with Gasteiger partial charge in [0.15, 0.2) is 0 Å². The van der Waals surface area contributed by atoms with Gasteiger partial charge in [0.25, 0.3) is 0 Å². The van der Waals surface area contributed by atoms with Crippen molar-refractivity contribution < 1.29 is 72.9 Å². The van der Waals surface area contributed by atoms with Crippen LogP contribution in [-0.2, 0) is 23.2 Å². The first-order valence-corrected chi connectivity index (χ1v) is 11.2. The Kier molecular flexibility index (Phi) is 19.7. The van der Waals surface area contributed by atoms with Crippen molar-refractivity contribution in [1.29, 1.82) is 0 Å². The molecule has 0 N–H and O–H groups in total. The zero-order valence-corrected chi connectivity index (χ0v) is 21.3. The van der Waals surface area contributed by atoms with Gasteiger partial charge in [-0.1, -0.05) is 0 Å². The molecule has 25 heavy (non-hydrogen) atoms. The van der Waals surface area contributed by atoms with Crippen LogP contribution in [0.5, 0.6) is 0 Å². The zero-order chi connectivity index (χ0) is 15.2. The summed E-state index contributed by atoms with van der Waals surface area (Å²) >= 11 is -0.585. The van der Waals surface area contributed by atoms with E-state index in [1.807, 2.05) is 6.56 Å². The Morgan fingerprint density at radius 2 is 1.08 bits per heavy atom. The molecular weight excluding hydrogens is 473 g/mol. The van der Waals surface area contributed by atoms with E-state index in [4.69, 9.17) is 0 Å². The van der Waals surface area contributed by atoms with E-state index in [-0.39, 0.29) is 49.6 Å². The van der Waals surface area contributed by atoms with Crippen LogP contribution in [0.1, 0.15) is 79.1 Å². The van der Waals surface area contributed by atoms with E-state index >= 15 is 0 Å². The summed E-state index contributed by atoms with van der Waals surface area (Å²) in [7, 11) is 0. The average Bonchev–Trinajstić information content (AvgIpc) is 3.00. The fraction of sp³-hybridized carbons (Fsp3) is 0.600. The number of halogens is 4. The molecule has 0 heterocycles. The Labute approximate surface area is 191 Å². The maximum atomic E-state index is 2.53. The van der Waals surface area contributed by atoms with Gasteiger partial charge in [-0.05, 0) is 0 Å². The normalized spacial score (nSPS) is 15.8. The smallest absolute Gasteiger partial charge is 1.00 e. The molecule has 0 radical (unpaired) electrons. The minimum atomic E-state index is -0.585. The van der Waals surface area contributed by atoms with E-state index in [0.717, 1.165) is 0 Å². The topological polar surface area (TPSA) is 0 Å². The third kappa shape index (κ3) is 8.70. The van der Waals surface area contributed by atoms with E-state index in [2.05, 4.69) is 39.8 Å². The van der Waals surface area contributed by atoms with Crippen LogP contribution in [0, 0.1) is 0 Å². The molecule has 0 unspecified atom stereocenters. The molecule has 0 amide bonds. The van der Waals surface area contributed by atoms with Gasteiger partial charge in [-0.15, -0.1) is 0 Å². The van der Waals surface area contributed by atoms with Gasteiger partial charge in [0.2, 0.25) is 0 Å². The third-order valence-corrected chi connectivity index (χ3v) is 9.56. The fourth-order valence-electron chi connectivity index (χ4n) is 3.20. The van der Waals surface area contributed by atoms with Gasteiger partial charge in [-0.25, -0.2) is 0 Å². The maximum absolute atomic E-state index is 2.53. The molecule has 0 spiro atoms. The second-order valence-corrected chi connectivity index (χ2v) is 9.58. The first kappa shape index (κ1) is 30.7. The molecule has 5 heteroatoms. The van der Waals surface area contributed by atoms with Crippen LogP contribution in [0.25, 0.3) is 0 Å². The predicted molar refractivity (Wildman–Crippen MR) is 89.9 cm³/mol. The van der Waals surface area contributed by atoms with Crippen molar-refractivity contribution in [2.24, 2.45) is 0 Å². The quantitative estimate of drug-likeness (QED) is 0.311. The second kappa shape index (κ2) is 16.0. The molecule has 0 aromatic rings. The van der Waals surface area contributed by atoms with E-state index in [1.54, 1.807) is 22.3 Å². The molecule has 0 aromatic heterocycles. The molecule has 0 fully saturated rings. The molecule has 0 saturated heterocycles. The van der Waals surface area contributed by atoms with Crippen molar-refractivity contribution in [2.45, 2.75) is 79.1 Å². The van der Waals surface area contributed by atoms with Crippen molar-refractivity contribution in [2.75, 3.05) is 0 Å². The van der Waals surface area contributed by atoms with Crippen molar-refractivity contribution in [3.63, 3.8) is 0 Å². The summed E-state index contributed by atoms with van der Waals surface area (Å²) in [6, 6.07) is 0. The minimum absolute atomic E-state index is 0. The zero-order valence-electron chi connectivity index (χ0n) is 15.8. The molecule has 0 saturated carbocycles. The molecule has 0 bridgehead atoms. The third-order valence-electron chi connectivity index (χ3n) is 4.65. The van der Waals surface area contributed by atoms with Crippen LogP contribution in [0.4, 0.5) is 0 Å². The Morgan fingerprint density at radius 3 is 1.40 bits per heavy atom. The van der Waals surface area contributed by atoms with Gasteiger partial charge in [0.05, 0.1) is 0 Å². The fourth-order valence-corrected chi connectivity index (χ4v) is 7.27. The Morgan fingerprint density at radius 1 is 0.720 bits per heavy atom. The summed E-state index contributed by atoms with van der Waals surface area (Å²) in [4.78, 5) is 0. The van der Waals surface area contributed by atoms with E-state index in [9.17, 15) is 0 Å². The molecular formula is C20H30Cl4Zr. The van der Waals surface area contributed by atoms with Gasteiger partial charge in [-0.2, -0.15) is 0 Å². The largest absolute Gasteiger partial charge is 1.00 e. The van der Waals surface area contributed by atoms with Gasteiger partial charge in [0.1, 0.15) is 0 Å². The number of unbranched alkanes of at least 4 members (excludes halogenated alkanes) is 2. The first-order chi connectivity index (χ1) is 10.2. The summed E-state index contributed by atoms with van der Waals surface area (Å²) in [5.41, 5.74) is 6.83. The minimum Gasteiger partial charge on any atom is -1.00 e. The van der Waals surface area contributed by atoms with Crippen molar-refractivity contribution in [3.8, 4) is 0 Å². The molecule has 2 aliphatic carbocycles.